The summed E-state index contributed by atoms with van der Waals surface area (Å²) in [6, 6.07) is 36.3. The van der Waals surface area contributed by atoms with Crippen LogP contribution in [0.3, 0.4) is 0 Å². The highest BCUT2D eigenvalue weighted by Crippen LogP contribution is 2.51. The number of nitrogens with zero attached hydrogens (tertiary/aromatic N) is 8. The van der Waals surface area contributed by atoms with Crippen molar-refractivity contribution in [1.29, 1.82) is 0 Å². The number of ether oxygens (including phenoxy) is 2. The van der Waals surface area contributed by atoms with E-state index in [9.17, 15) is 67.7 Å². The quantitative estimate of drug-likeness (QED) is 0.0579. The molecule has 16 atom stereocenters. The minimum Gasteiger partial charge on any atom is -0.493 e. The molecule has 0 radical (unpaired) electrons. The van der Waals surface area contributed by atoms with Crippen LogP contribution in [0.25, 0.3) is 38.3 Å². The van der Waals surface area contributed by atoms with Crippen LogP contribution in [-0.4, -0.2) is 258 Å². The Morgan fingerprint density at radius 2 is 0.841 bits per heavy atom. The molecule has 36 heteroatoms. The van der Waals surface area contributed by atoms with Gasteiger partial charge in [-0.25, -0.2) is 8.91 Å². The number of hydrogen-bond donors (Lipinski definition) is 14. The predicted molar refractivity (Wildman–Crippen MR) is 534 cm³/mol. The lowest BCUT2D eigenvalue weighted by Gasteiger charge is -2.43. The third-order valence-electron chi connectivity index (χ3n) is 32.2. The highest BCUT2D eigenvalue weighted by atomic mass is 19.1. The van der Waals surface area contributed by atoms with Gasteiger partial charge in [0.05, 0.1) is 144 Å². The molecule has 25 rings (SSSR count). The van der Waals surface area contributed by atoms with Crippen LogP contribution in [0.1, 0.15) is 211 Å². The van der Waals surface area contributed by atoms with Crippen LogP contribution in [-0.2, 0) is 59.1 Å². The Morgan fingerprint density at radius 3 is 1.33 bits per heavy atom. The van der Waals surface area contributed by atoms with Crippen molar-refractivity contribution in [3.05, 3.63) is 235 Å². The number of carbonyl (C=O) groups excluding carboxylic acids is 10. The van der Waals surface area contributed by atoms with E-state index in [2.05, 4.69) is 80.4 Å². The number of benzene rings is 4. The van der Waals surface area contributed by atoms with E-state index in [1.165, 1.54) is 6.92 Å². The average Bonchev–Trinajstić information content (AvgIpc) is 1.61. The van der Waals surface area contributed by atoms with Gasteiger partial charge in [0.25, 0.3) is 35.4 Å². The van der Waals surface area contributed by atoms with E-state index in [0.29, 0.717) is 72.8 Å². The molecule has 5 fully saturated rings. The third kappa shape index (κ3) is 18.0. The SMILES string of the molecule is CC(F)C(=O)N1[C@@H]2CCCC[C@H]2NC2=C(C(=O)NC2)[C@H]1c1cccc2cccnc12.COCC(=O)N1[C@@H]2CCCC[C@H]2NC2=C(C(=O)NC2)[C@H]1c1cccc2cc(C)[nH]c12.Cc1cc2cccc([C@@H]3C4=C(CNC4=O)N[C@@H]4CCCC[C@H]4N3C(=O)CO)c2o1.O=C1NCC2=C1[C@@H](c1cccc3c1OCC3)N(C(=O)CO)[C@@H]1CCCC[C@H]1N2.O=C1NCC2=C1[C@@H](c1cccc3ccnn13)N(C(=O)CO)[C@@H]1CCCC[C@H]1N2. The fourth-order valence-corrected chi connectivity index (χ4v) is 26.1. The monoisotopic (exact) mass is 1980 g/mol. The number of alkyl halides is 1. The second kappa shape index (κ2) is 41.3. The van der Waals surface area contributed by atoms with Crippen LogP contribution in [0, 0.1) is 13.8 Å². The summed E-state index contributed by atoms with van der Waals surface area (Å²) in [5, 5.41) is 69.2. The first-order valence-electron chi connectivity index (χ1n) is 51.6. The zero-order chi connectivity index (χ0) is 100. The molecule has 1 unspecified atom stereocenters. The fourth-order valence-electron chi connectivity index (χ4n) is 26.1. The molecule has 5 aromatic heterocycles. The van der Waals surface area contributed by atoms with Crippen molar-refractivity contribution < 1.29 is 81.5 Å². The van der Waals surface area contributed by atoms with Gasteiger partial charge in [-0.15, -0.1) is 0 Å². The topological polar surface area (TPSA) is 445 Å². The van der Waals surface area contributed by atoms with Crippen LogP contribution in [0.15, 0.2) is 194 Å². The summed E-state index contributed by atoms with van der Waals surface area (Å²) in [5.74, 6) is -0.957. The zero-order valence-electron chi connectivity index (χ0n) is 82.0. The van der Waals surface area contributed by atoms with E-state index in [-0.39, 0.29) is 120 Å². The molecule has 0 bridgehead atoms. The Hall–Kier alpha value is -14.0. The molecular formula is C109H126FN19O16. The smallest absolute Gasteiger partial charge is 0.257 e. The van der Waals surface area contributed by atoms with E-state index in [1.807, 2.05) is 128 Å². The molecule has 35 nitrogen and oxygen atoms in total. The van der Waals surface area contributed by atoms with Gasteiger partial charge in [0.1, 0.15) is 49.6 Å². The Labute approximate surface area is 837 Å². The lowest BCUT2D eigenvalue weighted by Crippen LogP contribution is -2.55. The maximum absolute atomic E-state index is 14.5. The number of nitrogens with one attached hydrogen (secondary N) is 11. The number of aryl methyl sites for hydroxylation is 2. The molecule has 14 N–H and O–H groups in total. The van der Waals surface area contributed by atoms with Crippen LogP contribution < -0.4 is 57.9 Å². The van der Waals surface area contributed by atoms with Crippen molar-refractivity contribution in [3.8, 4) is 5.75 Å². The predicted octanol–water partition coefficient (Wildman–Crippen LogP) is 8.23. The van der Waals surface area contributed by atoms with Gasteiger partial charge in [-0.3, -0.25) is 52.9 Å². The van der Waals surface area contributed by atoms with E-state index in [0.717, 1.165) is 247 Å². The highest BCUT2D eigenvalue weighted by molar-refractivity contribution is 6.04. The van der Waals surface area contributed by atoms with Gasteiger partial charge in [-0.05, 0) is 127 Å². The number of aromatic nitrogens is 4. The standard InChI is InChI=1S/C23H25FN4O2.C23H28N4O3.C22H25N3O4.C21H25N3O4.C20H23N5O3/c1-13(24)23(30)28-18-10-3-2-9-16(18)27-17-12-26-22(29)19(17)21(28)15-8-4-6-14-7-5-11-25-20(14)15;1-13-10-14-6-5-7-15(21(14)25-13)22-20-17(11-24-23(20)29)26-16-8-3-4-9-18(16)27(22)19(28)12-30-2;1-12-9-13-5-4-6-14(21(13)29-12)20-19-16(10-23-22(19)28)24-15-7-2-3-8-17(15)25(20)18(27)11-26;25-11-17(26)24-16-7-2-1-6-14(16)23-15-10-22-21(27)18(15)19(24)13-5-3-4-12-8-9-28-20(12)13;26-11-17(27)24-15-6-2-1-5-13(15)23-14-10-21-20(28)18(14)19(24)16-7-3-4-12-8-9-22-25(12)16/h4-8,11,13,16,18,21,27H,2-3,9-10,12H2,1H3,(H,26,29);5-7,10,16,18,22,25-26H,3-4,8-9,11-12H2,1-2H3,(H,24,29);4-6,9,15,17,20,24,26H,2-3,7-8,10-11H2,1H3,(H,23,28);3-5,14,16,19,23,25H,1-2,6-11H2,(H,22,27);3-4,7-9,13,15,19,23,26H,1-2,5-6,10-11H2,(H,21,28)/t13?,16-,18-,21-;16-,18-,22-;15-,17-,20-;14-,16-,19-;13-,15-,19-/m11111/s1. The molecular weight excluding hydrogens is 1850 g/mol. The maximum atomic E-state index is 14.5. The summed E-state index contributed by atoms with van der Waals surface area (Å²) in [4.78, 5) is 147. The van der Waals surface area contributed by atoms with E-state index in [4.69, 9.17) is 13.9 Å². The second-order valence-corrected chi connectivity index (χ2v) is 40.7. The number of H-pyrrole nitrogens is 1. The summed E-state index contributed by atoms with van der Waals surface area (Å²) in [5.41, 5.74) is 16.7. The number of hydrogen-bond acceptors (Lipinski definition) is 23. The zero-order valence-corrected chi connectivity index (χ0v) is 82.0. The van der Waals surface area contributed by atoms with Crippen molar-refractivity contribution in [2.45, 2.75) is 252 Å². The minimum absolute atomic E-state index is 0.00365. The van der Waals surface area contributed by atoms with E-state index >= 15 is 0 Å². The van der Waals surface area contributed by atoms with E-state index in [1.54, 1.807) is 43.6 Å². The van der Waals surface area contributed by atoms with Gasteiger partial charge in [0.2, 0.25) is 23.6 Å². The number of amides is 10. The number of para-hydroxylation sites is 4. The Kier molecular flexibility index (Phi) is 27.6. The summed E-state index contributed by atoms with van der Waals surface area (Å²) >= 11 is 0. The molecule has 16 heterocycles. The maximum Gasteiger partial charge on any atom is 0.257 e. The number of fused-ring (bicyclic) bond motifs is 10. The summed E-state index contributed by atoms with van der Waals surface area (Å²) < 4.78 is 33.4. The lowest BCUT2D eigenvalue weighted by molar-refractivity contribution is -0.142. The Morgan fingerprint density at radius 1 is 0.441 bits per heavy atom. The normalized spacial score (nSPS) is 27.1. The molecule has 16 aliphatic rings. The van der Waals surface area contributed by atoms with Crippen LogP contribution in [0.2, 0.25) is 0 Å². The average molecular weight is 1980 g/mol. The number of aliphatic hydroxyl groups is 3. The molecule has 760 valence electrons. The second-order valence-electron chi connectivity index (χ2n) is 40.7. The van der Waals surface area contributed by atoms with Crippen molar-refractivity contribution in [1.82, 2.24) is 97.2 Å². The van der Waals surface area contributed by atoms with Gasteiger partial charge < -0.3 is 112 Å². The molecule has 0 saturated heterocycles. The third-order valence-corrected chi connectivity index (χ3v) is 32.2. The first-order chi connectivity index (χ1) is 70.6. The fraction of sp³-hybridized carbons (Fsp3) is 0.468. The van der Waals surface area contributed by atoms with Gasteiger partial charge >= 0.3 is 0 Å². The number of pyridine rings is 2. The summed E-state index contributed by atoms with van der Waals surface area (Å²) in [6.45, 7) is 6.27. The number of halogens is 1. The van der Waals surface area contributed by atoms with Crippen molar-refractivity contribution in [3.63, 3.8) is 0 Å². The van der Waals surface area contributed by atoms with E-state index < -0.39 is 62.1 Å². The largest absolute Gasteiger partial charge is 0.493 e. The number of rotatable bonds is 11. The lowest BCUT2D eigenvalue weighted by atomic mass is 9.86. The van der Waals surface area contributed by atoms with Gasteiger partial charge in [-0.1, -0.05) is 149 Å². The Balaban J connectivity index is 0.000000107. The first-order valence-corrected chi connectivity index (χ1v) is 51.6. The summed E-state index contributed by atoms with van der Waals surface area (Å²) in [7, 11) is 1.54. The molecule has 0 spiro atoms. The number of methoxy groups -OCH3 is 1. The number of furan rings is 1. The molecule has 11 aliphatic heterocycles. The van der Waals surface area contributed by atoms with Gasteiger partial charge in [0, 0.05) is 129 Å². The Bertz CT molecular complexity index is 6810. The summed E-state index contributed by atoms with van der Waals surface area (Å²) in [6.07, 6.45) is 22.1. The van der Waals surface area contributed by atoms with Gasteiger partial charge in [-0.2, -0.15) is 5.10 Å². The molecule has 9 aromatic rings. The molecule has 4 aromatic carbocycles. The molecule has 145 heavy (non-hydrogen) atoms. The van der Waals surface area contributed by atoms with Crippen molar-refractivity contribution >= 4 is 97.4 Å². The van der Waals surface area contributed by atoms with Crippen molar-refractivity contribution in [2.24, 2.45) is 0 Å². The molecule has 10 amide bonds. The van der Waals surface area contributed by atoms with Crippen LogP contribution in [0.4, 0.5) is 4.39 Å². The van der Waals surface area contributed by atoms with Gasteiger partial charge in [0.15, 0.2) is 6.17 Å². The number of aliphatic hydroxyl groups excluding tert-OH is 3. The minimum atomic E-state index is -1.65. The molecule has 5 saturated carbocycles. The van der Waals surface area contributed by atoms with Crippen molar-refractivity contribution in [2.75, 3.05) is 72.9 Å². The first kappa shape index (κ1) is 97.1. The molecule has 5 aliphatic carbocycles. The van der Waals surface area contributed by atoms with Crippen LogP contribution >= 0.6 is 0 Å². The number of aromatic amines is 1. The van der Waals surface area contributed by atoms with Crippen LogP contribution in [0.5, 0.6) is 5.75 Å². The number of carbonyl (C=O) groups is 10. The highest BCUT2D eigenvalue weighted by Gasteiger charge is 2.55.